The van der Waals surface area contributed by atoms with Crippen molar-refractivity contribution >= 4 is 16.8 Å². The minimum atomic E-state index is -0.581. The number of aliphatic hydroxyl groups excluding tert-OH is 1. The molecule has 0 saturated carbocycles. The highest BCUT2D eigenvalue weighted by Gasteiger charge is 2.17. The van der Waals surface area contributed by atoms with E-state index in [1.165, 1.54) is 0 Å². The zero-order chi connectivity index (χ0) is 15.4. The van der Waals surface area contributed by atoms with E-state index in [4.69, 9.17) is 4.74 Å². The number of hydrogen-bond donors (Lipinski definition) is 3. The average Bonchev–Trinajstić information content (AvgIpc) is 2.90. The van der Waals surface area contributed by atoms with Crippen molar-refractivity contribution in [3.05, 3.63) is 30.5 Å². The van der Waals surface area contributed by atoms with Crippen LogP contribution in [0.5, 0.6) is 5.75 Å². The quantitative estimate of drug-likeness (QED) is 0.761. The summed E-state index contributed by atoms with van der Waals surface area (Å²) < 4.78 is 5.75. The molecule has 3 N–H and O–H groups in total. The molecule has 1 aliphatic heterocycles. The first-order valence-corrected chi connectivity index (χ1v) is 7.58. The fourth-order valence-electron chi connectivity index (χ4n) is 2.72. The highest BCUT2D eigenvalue weighted by atomic mass is 16.5. The second-order valence-corrected chi connectivity index (χ2v) is 5.56. The summed E-state index contributed by atoms with van der Waals surface area (Å²) >= 11 is 0. The molecular weight excluding hydrogens is 282 g/mol. The van der Waals surface area contributed by atoms with Gasteiger partial charge in [0.15, 0.2) is 0 Å². The number of ether oxygens (including phenoxy) is 1. The number of aliphatic hydroxyl groups is 1. The molecule has 2 aromatic rings. The van der Waals surface area contributed by atoms with Crippen LogP contribution in [0.2, 0.25) is 0 Å². The van der Waals surface area contributed by atoms with Gasteiger partial charge in [-0.15, -0.1) is 0 Å². The Morgan fingerprint density at radius 1 is 1.32 bits per heavy atom. The number of nitrogens with zero attached hydrogens (tertiary/aromatic N) is 1. The third-order valence-corrected chi connectivity index (χ3v) is 3.86. The second kappa shape index (κ2) is 6.81. The number of fused-ring (bicyclic) bond motifs is 1. The van der Waals surface area contributed by atoms with Crippen LogP contribution in [-0.4, -0.2) is 59.8 Å². The Kier molecular flexibility index (Phi) is 4.60. The lowest BCUT2D eigenvalue weighted by molar-refractivity contribution is -0.120. The number of aromatic nitrogens is 1. The Morgan fingerprint density at radius 3 is 3.14 bits per heavy atom. The predicted molar refractivity (Wildman–Crippen MR) is 83.9 cm³/mol. The first-order valence-electron chi connectivity index (χ1n) is 7.58. The zero-order valence-electron chi connectivity index (χ0n) is 12.4. The maximum Gasteiger partial charge on any atom is 0.221 e. The van der Waals surface area contributed by atoms with Crippen molar-refractivity contribution in [2.75, 3.05) is 32.8 Å². The lowest BCUT2D eigenvalue weighted by atomic mass is 10.2. The van der Waals surface area contributed by atoms with E-state index in [9.17, 15) is 9.90 Å². The number of rotatable bonds is 5. The van der Waals surface area contributed by atoms with E-state index in [-0.39, 0.29) is 12.5 Å². The molecule has 1 aromatic heterocycles. The van der Waals surface area contributed by atoms with Gasteiger partial charge >= 0.3 is 0 Å². The van der Waals surface area contributed by atoms with Crippen LogP contribution in [0.3, 0.4) is 0 Å². The van der Waals surface area contributed by atoms with Gasteiger partial charge in [-0.1, -0.05) is 6.07 Å². The fourth-order valence-corrected chi connectivity index (χ4v) is 2.72. The zero-order valence-corrected chi connectivity index (χ0v) is 12.4. The van der Waals surface area contributed by atoms with Gasteiger partial charge in [-0.25, -0.2) is 0 Å². The van der Waals surface area contributed by atoms with Crippen LogP contribution in [-0.2, 0) is 4.79 Å². The predicted octanol–water partition coefficient (Wildman–Crippen LogP) is 0.729. The molecule has 0 aliphatic carbocycles. The van der Waals surface area contributed by atoms with E-state index in [0.717, 1.165) is 23.2 Å². The summed E-state index contributed by atoms with van der Waals surface area (Å²) in [5, 5.41) is 14.0. The number of hydrogen-bond acceptors (Lipinski definition) is 4. The average molecular weight is 303 g/mol. The lowest BCUT2D eigenvalue weighted by Crippen LogP contribution is -2.37. The molecule has 22 heavy (non-hydrogen) atoms. The molecule has 1 saturated heterocycles. The molecule has 0 spiro atoms. The molecule has 1 aromatic carbocycles. The normalized spacial score (nSPS) is 18.0. The monoisotopic (exact) mass is 303 g/mol. The summed E-state index contributed by atoms with van der Waals surface area (Å²) in [6, 6.07) is 7.77. The van der Waals surface area contributed by atoms with Crippen LogP contribution >= 0.6 is 0 Å². The number of H-pyrrole nitrogens is 1. The Hall–Kier alpha value is -2.05. The van der Waals surface area contributed by atoms with Gasteiger partial charge in [0.25, 0.3) is 0 Å². The minimum absolute atomic E-state index is 0.0763. The molecule has 0 bridgehead atoms. The van der Waals surface area contributed by atoms with E-state index >= 15 is 0 Å². The van der Waals surface area contributed by atoms with Gasteiger partial charge in [-0.3, -0.25) is 9.69 Å². The standard InChI is InChI=1S/C16H21N3O3/c20-12(10-19-8-5-16(21)18-7-9-19)11-22-15-3-1-2-14-13(15)4-6-17-14/h1-4,6,12,17,20H,5,7-11H2,(H,18,21). The summed E-state index contributed by atoms with van der Waals surface area (Å²) in [5.74, 6) is 0.845. The summed E-state index contributed by atoms with van der Waals surface area (Å²) in [4.78, 5) is 16.5. The second-order valence-electron chi connectivity index (χ2n) is 5.56. The largest absolute Gasteiger partial charge is 0.490 e. The smallest absolute Gasteiger partial charge is 0.221 e. The number of nitrogens with one attached hydrogen (secondary N) is 2. The maximum absolute atomic E-state index is 11.3. The molecule has 1 fully saturated rings. The summed E-state index contributed by atoms with van der Waals surface area (Å²) in [6.45, 7) is 2.82. The molecule has 118 valence electrons. The Labute approximate surface area is 129 Å². The van der Waals surface area contributed by atoms with Gasteiger partial charge in [-0.2, -0.15) is 0 Å². The highest BCUT2D eigenvalue weighted by molar-refractivity contribution is 5.85. The van der Waals surface area contributed by atoms with E-state index in [1.807, 2.05) is 30.5 Å². The number of aromatic amines is 1. The van der Waals surface area contributed by atoms with Crippen LogP contribution < -0.4 is 10.1 Å². The van der Waals surface area contributed by atoms with Gasteiger partial charge in [0.2, 0.25) is 5.91 Å². The van der Waals surface area contributed by atoms with Crippen molar-refractivity contribution in [1.29, 1.82) is 0 Å². The molecule has 6 nitrogen and oxygen atoms in total. The summed E-state index contributed by atoms with van der Waals surface area (Å²) in [7, 11) is 0. The molecule has 0 radical (unpaired) electrons. The number of amides is 1. The molecule has 1 amide bonds. The molecule has 1 unspecified atom stereocenters. The van der Waals surface area contributed by atoms with Crippen molar-refractivity contribution in [3.8, 4) is 5.75 Å². The SMILES string of the molecule is O=C1CCN(CC(O)COc2cccc3[nH]ccc23)CCN1. The number of carbonyl (C=O) groups is 1. The van der Waals surface area contributed by atoms with Crippen molar-refractivity contribution in [3.63, 3.8) is 0 Å². The minimum Gasteiger partial charge on any atom is -0.490 e. The Balaban J connectivity index is 1.52. The number of benzene rings is 1. The van der Waals surface area contributed by atoms with Crippen LogP contribution in [0.4, 0.5) is 0 Å². The van der Waals surface area contributed by atoms with Crippen molar-refractivity contribution in [1.82, 2.24) is 15.2 Å². The van der Waals surface area contributed by atoms with Crippen LogP contribution in [0, 0.1) is 0 Å². The summed E-state index contributed by atoms with van der Waals surface area (Å²) in [5.41, 5.74) is 1.02. The lowest BCUT2D eigenvalue weighted by Gasteiger charge is -2.22. The van der Waals surface area contributed by atoms with E-state index in [2.05, 4.69) is 15.2 Å². The molecule has 3 rings (SSSR count). The highest BCUT2D eigenvalue weighted by Crippen LogP contribution is 2.24. The number of carbonyl (C=O) groups excluding carboxylic acids is 1. The van der Waals surface area contributed by atoms with Crippen molar-refractivity contribution in [2.24, 2.45) is 0 Å². The third kappa shape index (κ3) is 3.58. The maximum atomic E-state index is 11.3. The van der Waals surface area contributed by atoms with Gasteiger partial charge < -0.3 is 20.1 Å². The Bertz CT molecular complexity index is 640. The van der Waals surface area contributed by atoms with Crippen LogP contribution in [0.15, 0.2) is 30.5 Å². The summed E-state index contributed by atoms with van der Waals surface area (Å²) in [6.07, 6.45) is 1.77. The molecule has 1 aliphatic rings. The van der Waals surface area contributed by atoms with E-state index in [0.29, 0.717) is 26.1 Å². The number of β-amino-alcohol motifs (C(OH)–C–C–N with tert-alkyl or cyclic N) is 1. The topological polar surface area (TPSA) is 77.6 Å². The van der Waals surface area contributed by atoms with Gasteiger partial charge in [0, 0.05) is 49.7 Å². The van der Waals surface area contributed by atoms with E-state index < -0.39 is 6.10 Å². The molecule has 6 heteroatoms. The Morgan fingerprint density at radius 2 is 2.23 bits per heavy atom. The van der Waals surface area contributed by atoms with Gasteiger partial charge in [0.1, 0.15) is 18.5 Å². The molecule has 1 atom stereocenters. The van der Waals surface area contributed by atoms with Gasteiger partial charge in [0.05, 0.1) is 0 Å². The molecule has 2 heterocycles. The third-order valence-electron chi connectivity index (χ3n) is 3.86. The first kappa shape index (κ1) is 14.9. The molecular formula is C16H21N3O3. The van der Waals surface area contributed by atoms with E-state index in [1.54, 1.807) is 0 Å². The van der Waals surface area contributed by atoms with Gasteiger partial charge in [-0.05, 0) is 18.2 Å². The first-order chi connectivity index (χ1) is 10.7. The fraction of sp³-hybridized carbons (Fsp3) is 0.438. The van der Waals surface area contributed by atoms with Crippen LogP contribution in [0.1, 0.15) is 6.42 Å². The van der Waals surface area contributed by atoms with Crippen LogP contribution in [0.25, 0.3) is 10.9 Å². The van der Waals surface area contributed by atoms with Crippen molar-refractivity contribution < 1.29 is 14.6 Å². The van der Waals surface area contributed by atoms with Crippen molar-refractivity contribution in [2.45, 2.75) is 12.5 Å².